The minimum Gasteiger partial charge on any atom is -0.467 e. The molecule has 1 aliphatic heterocycles. The Kier molecular flexibility index (Phi) is 4.87. The SMILES string of the molecule is CCN1CCN(c2ccc(C(=O)NCc3ccco3)nn2)CC1. The first kappa shape index (κ1) is 15.5. The number of amides is 1. The van der Waals surface area contributed by atoms with Gasteiger partial charge in [0.2, 0.25) is 0 Å². The predicted octanol–water partition coefficient (Wildman–Crippen LogP) is 1.14. The zero-order valence-corrected chi connectivity index (χ0v) is 13.2. The van der Waals surface area contributed by atoms with Gasteiger partial charge in [0.05, 0.1) is 12.8 Å². The molecule has 7 nitrogen and oxygen atoms in total. The molecule has 2 aromatic rings. The minimum absolute atomic E-state index is 0.253. The van der Waals surface area contributed by atoms with E-state index in [2.05, 4.69) is 32.2 Å². The van der Waals surface area contributed by atoms with Gasteiger partial charge < -0.3 is 19.5 Å². The fourth-order valence-electron chi connectivity index (χ4n) is 2.58. The van der Waals surface area contributed by atoms with E-state index in [0.717, 1.165) is 38.5 Å². The van der Waals surface area contributed by atoms with Crippen LogP contribution in [0.25, 0.3) is 0 Å². The minimum atomic E-state index is -0.253. The number of rotatable bonds is 5. The van der Waals surface area contributed by atoms with E-state index in [1.165, 1.54) is 0 Å². The summed E-state index contributed by atoms with van der Waals surface area (Å²) < 4.78 is 5.17. The van der Waals surface area contributed by atoms with Crippen molar-refractivity contribution < 1.29 is 9.21 Å². The Balaban J connectivity index is 1.55. The molecule has 23 heavy (non-hydrogen) atoms. The molecule has 0 bridgehead atoms. The third kappa shape index (κ3) is 3.87. The Hall–Kier alpha value is -2.41. The number of anilines is 1. The van der Waals surface area contributed by atoms with Gasteiger partial charge in [-0.3, -0.25) is 4.79 Å². The van der Waals surface area contributed by atoms with Gasteiger partial charge in [-0.15, -0.1) is 10.2 Å². The number of hydrogen-bond donors (Lipinski definition) is 1. The molecule has 2 aromatic heterocycles. The molecule has 0 unspecified atom stereocenters. The lowest BCUT2D eigenvalue weighted by Crippen LogP contribution is -2.46. The van der Waals surface area contributed by atoms with E-state index in [9.17, 15) is 4.79 Å². The van der Waals surface area contributed by atoms with Gasteiger partial charge in [-0.1, -0.05) is 6.92 Å². The first-order chi connectivity index (χ1) is 11.3. The highest BCUT2D eigenvalue weighted by molar-refractivity contribution is 5.92. The van der Waals surface area contributed by atoms with Gasteiger partial charge in [-0.2, -0.15) is 0 Å². The third-order valence-electron chi connectivity index (χ3n) is 4.03. The maximum absolute atomic E-state index is 12.0. The third-order valence-corrected chi connectivity index (χ3v) is 4.03. The van der Waals surface area contributed by atoms with Crippen LogP contribution < -0.4 is 10.2 Å². The van der Waals surface area contributed by atoms with Crippen molar-refractivity contribution in [1.29, 1.82) is 0 Å². The lowest BCUT2D eigenvalue weighted by atomic mass is 10.3. The summed E-state index contributed by atoms with van der Waals surface area (Å²) in [5.41, 5.74) is 0.313. The van der Waals surface area contributed by atoms with E-state index in [1.54, 1.807) is 18.4 Å². The van der Waals surface area contributed by atoms with Crippen LogP contribution in [0.2, 0.25) is 0 Å². The number of likely N-dealkylation sites (N-methyl/N-ethyl adjacent to an activating group) is 1. The summed E-state index contributed by atoms with van der Waals surface area (Å²) in [6, 6.07) is 7.17. The quantitative estimate of drug-likeness (QED) is 0.892. The smallest absolute Gasteiger partial charge is 0.272 e. The normalized spacial score (nSPS) is 15.6. The summed E-state index contributed by atoms with van der Waals surface area (Å²) in [5.74, 6) is 1.27. The molecule has 7 heteroatoms. The number of nitrogens with zero attached hydrogens (tertiary/aromatic N) is 4. The largest absolute Gasteiger partial charge is 0.467 e. The van der Waals surface area contributed by atoms with Crippen molar-refractivity contribution in [2.45, 2.75) is 13.5 Å². The van der Waals surface area contributed by atoms with Gasteiger partial charge in [0.25, 0.3) is 5.91 Å². The summed E-state index contributed by atoms with van der Waals surface area (Å²) >= 11 is 0. The highest BCUT2D eigenvalue weighted by Gasteiger charge is 2.17. The van der Waals surface area contributed by atoms with Gasteiger partial charge in [0, 0.05) is 26.2 Å². The van der Waals surface area contributed by atoms with E-state index in [4.69, 9.17) is 4.42 Å². The van der Waals surface area contributed by atoms with Crippen LogP contribution in [-0.4, -0.2) is 53.7 Å². The average Bonchev–Trinajstić information content (AvgIpc) is 3.13. The molecule has 0 radical (unpaired) electrons. The summed E-state index contributed by atoms with van der Waals surface area (Å²) in [6.07, 6.45) is 1.58. The van der Waals surface area contributed by atoms with Gasteiger partial charge in [-0.05, 0) is 30.8 Å². The number of carbonyl (C=O) groups excluding carboxylic acids is 1. The molecule has 1 fully saturated rings. The lowest BCUT2D eigenvalue weighted by molar-refractivity contribution is 0.0942. The number of aromatic nitrogens is 2. The molecule has 0 spiro atoms. The number of nitrogens with one attached hydrogen (secondary N) is 1. The summed E-state index contributed by atoms with van der Waals surface area (Å²) in [4.78, 5) is 16.6. The fraction of sp³-hybridized carbons (Fsp3) is 0.438. The highest BCUT2D eigenvalue weighted by Crippen LogP contribution is 2.12. The fourth-order valence-corrected chi connectivity index (χ4v) is 2.58. The number of furan rings is 1. The molecule has 1 saturated heterocycles. The molecular formula is C16H21N5O2. The van der Waals surface area contributed by atoms with Gasteiger partial charge in [0.1, 0.15) is 5.76 Å². The van der Waals surface area contributed by atoms with Gasteiger partial charge in [0.15, 0.2) is 11.5 Å². The van der Waals surface area contributed by atoms with Crippen molar-refractivity contribution in [3.05, 3.63) is 42.0 Å². The van der Waals surface area contributed by atoms with Crippen LogP contribution in [0, 0.1) is 0 Å². The van der Waals surface area contributed by atoms with Crippen molar-refractivity contribution in [1.82, 2.24) is 20.4 Å². The second-order valence-electron chi connectivity index (χ2n) is 5.46. The van der Waals surface area contributed by atoms with Crippen LogP contribution in [0.15, 0.2) is 34.9 Å². The molecule has 1 aliphatic rings. The molecule has 122 valence electrons. The van der Waals surface area contributed by atoms with E-state index < -0.39 is 0 Å². The Morgan fingerprint density at radius 3 is 2.65 bits per heavy atom. The number of carbonyl (C=O) groups is 1. The first-order valence-corrected chi connectivity index (χ1v) is 7.88. The van der Waals surface area contributed by atoms with Crippen LogP contribution in [-0.2, 0) is 6.54 Å². The maximum atomic E-state index is 12.0. The number of hydrogen-bond acceptors (Lipinski definition) is 6. The van der Waals surface area contributed by atoms with Gasteiger partial charge >= 0.3 is 0 Å². The van der Waals surface area contributed by atoms with E-state index in [0.29, 0.717) is 18.0 Å². The van der Waals surface area contributed by atoms with Crippen LogP contribution in [0.1, 0.15) is 23.2 Å². The van der Waals surface area contributed by atoms with E-state index in [-0.39, 0.29) is 5.91 Å². The zero-order chi connectivity index (χ0) is 16.1. The Bertz CT molecular complexity index is 618. The second-order valence-corrected chi connectivity index (χ2v) is 5.46. The van der Waals surface area contributed by atoms with Crippen LogP contribution in [0.4, 0.5) is 5.82 Å². The van der Waals surface area contributed by atoms with E-state index in [1.807, 2.05) is 12.1 Å². The number of piperazine rings is 1. The summed E-state index contributed by atoms with van der Waals surface area (Å²) in [7, 11) is 0. The molecule has 3 heterocycles. The lowest BCUT2D eigenvalue weighted by Gasteiger charge is -2.34. The molecule has 1 amide bonds. The molecular weight excluding hydrogens is 294 g/mol. The summed E-state index contributed by atoms with van der Waals surface area (Å²) in [5, 5.41) is 11.0. The second kappa shape index (κ2) is 7.23. The molecule has 0 aromatic carbocycles. The van der Waals surface area contributed by atoms with Crippen molar-refractivity contribution in [3.63, 3.8) is 0 Å². The summed E-state index contributed by atoms with van der Waals surface area (Å²) in [6.45, 7) is 7.53. The van der Waals surface area contributed by atoms with Crippen molar-refractivity contribution in [2.75, 3.05) is 37.6 Å². The van der Waals surface area contributed by atoms with Crippen molar-refractivity contribution in [2.24, 2.45) is 0 Å². The van der Waals surface area contributed by atoms with Crippen LogP contribution in [0.5, 0.6) is 0 Å². The van der Waals surface area contributed by atoms with Crippen molar-refractivity contribution >= 4 is 11.7 Å². The Labute approximate surface area is 135 Å². The monoisotopic (exact) mass is 315 g/mol. The standard InChI is InChI=1S/C16H21N5O2/c1-2-20-7-9-21(10-8-20)15-6-5-14(18-19-15)16(22)17-12-13-4-3-11-23-13/h3-6,11H,2,7-10,12H2,1H3,(H,17,22). The van der Waals surface area contributed by atoms with Gasteiger partial charge in [-0.25, -0.2) is 0 Å². The van der Waals surface area contributed by atoms with Crippen LogP contribution in [0.3, 0.4) is 0 Å². The zero-order valence-electron chi connectivity index (χ0n) is 13.2. The first-order valence-electron chi connectivity index (χ1n) is 7.88. The molecule has 0 atom stereocenters. The molecule has 3 rings (SSSR count). The Morgan fingerprint density at radius 2 is 2.04 bits per heavy atom. The average molecular weight is 315 g/mol. The molecule has 0 saturated carbocycles. The maximum Gasteiger partial charge on any atom is 0.272 e. The molecule has 1 N–H and O–H groups in total. The highest BCUT2D eigenvalue weighted by atomic mass is 16.3. The molecule has 0 aliphatic carbocycles. The topological polar surface area (TPSA) is 74.5 Å². The Morgan fingerprint density at radius 1 is 1.22 bits per heavy atom. The predicted molar refractivity (Wildman–Crippen MR) is 86.2 cm³/mol. The van der Waals surface area contributed by atoms with Crippen molar-refractivity contribution in [3.8, 4) is 0 Å². The van der Waals surface area contributed by atoms with Crippen LogP contribution >= 0.6 is 0 Å². The van der Waals surface area contributed by atoms with E-state index >= 15 is 0 Å².